The highest BCUT2D eigenvalue weighted by Crippen LogP contribution is 2.33. The van der Waals surface area contributed by atoms with Crippen LogP contribution in [0, 0.1) is 23.7 Å². The molecule has 11 rings (SSSR count). The molecule has 7 heterocycles. The van der Waals surface area contributed by atoms with Crippen LogP contribution in [-0.4, -0.2) is 148 Å². The van der Waals surface area contributed by atoms with Gasteiger partial charge < -0.3 is 60.2 Å². The molecular formula is C78H108N10O12. The zero-order valence-electron chi connectivity index (χ0n) is 59.0. The van der Waals surface area contributed by atoms with Crippen molar-refractivity contribution in [3.63, 3.8) is 0 Å². The molecule has 22 nitrogen and oxygen atoms in total. The lowest BCUT2D eigenvalue weighted by Gasteiger charge is -2.33. The van der Waals surface area contributed by atoms with Gasteiger partial charge in [-0.2, -0.15) is 15.0 Å². The number of piperidine rings is 3. The molecule has 0 spiro atoms. The van der Waals surface area contributed by atoms with Gasteiger partial charge >= 0.3 is 17.9 Å². The smallest absolute Gasteiger partial charge is 0.303 e. The number of pyridine rings is 4. The van der Waals surface area contributed by atoms with Crippen LogP contribution < -0.4 is 44.9 Å². The van der Waals surface area contributed by atoms with Crippen LogP contribution in [-0.2, 0) is 27.2 Å². The summed E-state index contributed by atoms with van der Waals surface area (Å²) in [5.41, 5.74) is 3.71. The second-order valence-corrected chi connectivity index (χ2v) is 28.6. The lowest BCUT2D eigenvalue weighted by Crippen LogP contribution is -2.38. The first-order valence-electron chi connectivity index (χ1n) is 37.3. The summed E-state index contributed by atoms with van der Waals surface area (Å²) in [6.45, 7) is 10.1. The van der Waals surface area contributed by atoms with Crippen molar-refractivity contribution in [2.24, 2.45) is 23.7 Å². The van der Waals surface area contributed by atoms with Gasteiger partial charge in [0.05, 0.1) is 19.8 Å². The number of aryl methyl sites for hydroxylation is 1. The van der Waals surface area contributed by atoms with E-state index in [-0.39, 0.29) is 72.9 Å². The molecule has 3 amide bonds. The van der Waals surface area contributed by atoms with Gasteiger partial charge in [-0.15, -0.1) is 0 Å². The number of aromatic nitrogens is 4. The normalized spacial score (nSPS) is 19.2. The Bertz CT molecular complexity index is 3380. The summed E-state index contributed by atoms with van der Waals surface area (Å²) in [6.07, 6.45) is 29.5. The maximum absolute atomic E-state index is 13.1. The molecule has 542 valence electrons. The van der Waals surface area contributed by atoms with Gasteiger partial charge in [0.2, 0.25) is 17.6 Å². The Hall–Kier alpha value is -8.56. The van der Waals surface area contributed by atoms with Crippen LogP contribution in [0.15, 0.2) is 91.3 Å². The third kappa shape index (κ3) is 25.0. The summed E-state index contributed by atoms with van der Waals surface area (Å²) in [5, 5.41) is 37.0. The standard InChI is InChI=1S/C28H37N3O4.C26H34N4O4.C24H37N3O4/c32-26(33)19-22-11-7-17-31(20-22)25-16-15-24(27(34)29-23-13-5-2-6-14-23)28(30-25)35-18-8-12-21-9-3-1-4-10-21;31-24(32)16-20-7-5-14-30(18-20)23-11-10-22(25(33)28-21-8-2-1-3-9-21)26(29-23)34-15-12-19-6-4-13-27-17-19;1-17(2)12-14-31-24-20(23(30)25-19-8-4-3-5-9-19)10-11-21(26-24)27-13-6-7-18(16-27)15-22(28)29/h1,3-4,9-10,15-16,22-23H,2,5-8,11-14,17-20H2,(H,29,34)(H,32,33);4,6,10-11,13,17,20-21H,1-3,5,7-9,12,14-16,18H2,(H,28,33)(H,31,32);10-11,17-19H,3-9,12-16H2,1-2H3,(H,25,30)(H,28,29)/t22-;20-;18-/m000/s1. The van der Waals surface area contributed by atoms with Gasteiger partial charge in [-0.25, -0.2) is 0 Å². The Balaban J connectivity index is 0.000000175. The average Bonchev–Trinajstić information content (AvgIpc) is 0.829. The van der Waals surface area contributed by atoms with Crippen LogP contribution in [0.1, 0.15) is 223 Å². The molecule has 1 aromatic carbocycles. The number of anilines is 3. The van der Waals surface area contributed by atoms with E-state index in [1.807, 2.05) is 60.7 Å². The van der Waals surface area contributed by atoms with Crippen molar-refractivity contribution in [3.05, 3.63) is 119 Å². The summed E-state index contributed by atoms with van der Waals surface area (Å²) < 4.78 is 18.1. The summed E-state index contributed by atoms with van der Waals surface area (Å²) in [6, 6.07) is 25.8. The highest BCUT2D eigenvalue weighted by Gasteiger charge is 2.30. The molecule has 0 radical (unpaired) electrons. The number of hydrogen-bond donors (Lipinski definition) is 6. The van der Waals surface area contributed by atoms with Gasteiger partial charge in [0.25, 0.3) is 17.7 Å². The number of rotatable bonds is 28. The predicted molar refractivity (Wildman–Crippen MR) is 386 cm³/mol. The lowest BCUT2D eigenvalue weighted by molar-refractivity contribution is -0.139. The van der Waals surface area contributed by atoms with Gasteiger partial charge in [0.1, 0.15) is 34.1 Å². The number of carboxylic acids is 3. The molecule has 6 N–H and O–H groups in total. The third-order valence-electron chi connectivity index (χ3n) is 20.0. The Morgan fingerprint density at radius 1 is 0.440 bits per heavy atom. The predicted octanol–water partition coefficient (Wildman–Crippen LogP) is 13.0. The lowest BCUT2D eigenvalue weighted by atomic mass is 9.95. The van der Waals surface area contributed by atoms with Crippen molar-refractivity contribution in [3.8, 4) is 17.6 Å². The molecule has 6 fully saturated rings. The maximum atomic E-state index is 13.1. The molecule has 0 bridgehead atoms. The van der Waals surface area contributed by atoms with Crippen LogP contribution >= 0.6 is 0 Å². The van der Waals surface area contributed by atoms with Crippen LogP contribution in [0.4, 0.5) is 17.5 Å². The van der Waals surface area contributed by atoms with Gasteiger partial charge in [0.15, 0.2) is 0 Å². The van der Waals surface area contributed by atoms with Crippen LogP contribution in [0.2, 0.25) is 0 Å². The fraction of sp³-hybridized carbons (Fsp3) is 0.590. The number of nitrogens with one attached hydrogen (secondary N) is 3. The number of ether oxygens (including phenoxy) is 3. The average molecular weight is 1380 g/mol. The third-order valence-corrected chi connectivity index (χ3v) is 20.0. The number of nitrogens with zero attached hydrogens (tertiary/aromatic N) is 7. The van der Waals surface area contributed by atoms with E-state index >= 15 is 0 Å². The molecule has 4 aromatic heterocycles. The Labute approximate surface area is 590 Å². The number of carboxylic acid groups (broad SMARTS) is 3. The number of hydrogen-bond acceptors (Lipinski definition) is 16. The highest BCUT2D eigenvalue weighted by atomic mass is 16.5. The minimum Gasteiger partial charge on any atom is -0.481 e. The second kappa shape index (κ2) is 40.0. The first kappa shape index (κ1) is 75.6. The SMILES string of the molecule is CC(C)CCOc1nc(N2CCC[C@@H](CC(=O)O)C2)ccc1C(=O)NC1CCCCC1.O=C(O)C[C@@H]1CCCN(c2ccc(C(=O)NC3CCCCC3)c(OCCCc3ccccc3)n2)C1.O=C(O)C[C@@H]1CCCN(c2ccc(C(=O)NC3CCCCC3)c(OCCc3cccnc3)n2)C1. The molecule has 6 aliphatic rings. The Kier molecular flexibility index (Phi) is 30.3. The van der Waals surface area contributed by atoms with Crippen molar-refractivity contribution in [1.82, 2.24) is 35.9 Å². The minimum atomic E-state index is -0.769. The van der Waals surface area contributed by atoms with E-state index in [0.717, 1.165) is 177 Å². The van der Waals surface area contributed by atoms with Crippen LogP contribution in [0.5, 0.6) is 17.6 Å². The van der Waals surface area contributed by atoms with E-state index in [2.05, 4.69) is 61.6 Å². The Morgan fingerprint density at radius 3 is 1.19 bits per heavy atom. The molecule has 3 saturated heterocycles. The Morgan fingerprint density at radius 2 is 0.820 bits per heavy atom. The number of benzene rings is 1. The number of amides is 3. The van der Waals surface area contributed by atoms with Gasteiger partial charge in [0, 0.05) is 95.5 Å². The molecule has 0 unspecified atom stereocenters. The van der Waals surface area contributed by atoms with E-state index < -0.39 is 17.9 Å². The maximum Gasteiger partial charge on any atom is 0.303 e. The summed E-state index contributed by atoms with van der Waals surface area (Å²) in [4.78, 5) is 97.4. The van der Waals surface area contributed by atoms with E-state index in [9.17, 15) is 39.0 Å². The highest BCUT2D eigenvalue weighted by molar-refractivity contribution is 5.98. The first-order chi connectivity index (χ1) is 48.6. The van der Waals surface area contributed by atoms with Crippen molar-refractivity contribution in [2.45, 2.75) is 212 Å². The van der Waals surface area contributed by atoms with Crippen LogP contribution in [0.25, 0.3) is 0 Å². The number of carbonyl (C=O) groups excluding carboxylic acids is 3. The van der Waals surface area contributed by atoms with Gasteiger partial charge in [-0.05, 0) is 174 Å². The second-order valence-electron chi connectivity index (χ2n) is 28.6. The summed E-state index contributed by atoms with van der Waals surface area (Å²) in [7, 11) is 0. The molecule has 22 heteroatoms. The van der Waals surface area contributed by atoms with E-state index in [1.165, 1.54) is 24.8 Å². The van der Waals surface area contributed by atoms with Crippen LogP contribution in [0.3, 0.4) is 0 Å². The van der Waals surface area contributed by atoms with Crippen molar-refractivity contribution in [1.29, 1.82) is 0 Å². The topological polar surface area (TPSA) is 288 Å². The molecule has 3 atom stereocenters. The van der Waals surface area contributed by atoms with Crippen molar-refractivity contribution >= 4 is 53.1 Å². The molecule has 3 saturated carbocycles. The van der Waals surface area contributed by atoms with Crippen molar-refractivity contribution in [2.75, 3.05) is 73.8 Å². The number of aliphatic carboxylic acids is 3. The van der Waals surface area contributed by atoms with E-state index in [4.69, 9.17) is 34.3 Å². The van der Waals surface area contributed by atoms with Gasteiger partial charge in [-0.3, -0.25) is 33.8 Å². The molecule has 100 heavy (non-hydrogen) atoms. The summed E-state index contributed by atoms with van der Waals surface area (Å²) >= 11 is 0. The first-order valence-corrected chi connectivity index (χ1v) is 37.3. The zero-order chi connectivity index (χ0) is 70.4. The fourth-order valence-corrected chi connectivity index (χ4v) is 14.6. The minimum absolute atomic E-state index is 0.0947. The zero-order valence-corrected chi connectivity index (χ0v) is 59.0. The number of carbonyl (C=O) groups is 6. The van der Waals surface area contributed by atoms with Crippen molar-refractivity contribution < 1.29 is 58.3 Å². The molecule has 3 aliphatic carbocycles. The fourth-order valence-electron chi connectivity index (χ4n) is 14.6. The monoisotopic (exact) mass is 1380 g/mol. The molecule has 3 aliphatic heterocycles. The van der Waals surface area contributed by atoms with E-state index in [1.54, 1.807) is 18.5 Å². The molecular weight excluding hydrogens is 1270 g/mol. The quantitative estimate of drug-likeness (QED) is 0.0254. The molecule has 5 aromatic rings. The summed E-state index contributed by atoms with van der Waals surface area (Å²) in [5.74, 6) is 1.43. The van der Waals surface area contributed by atoms with Gasteiger partial charge in [-0.1, -0.05) is 108 Å². The van der Waals surface area contributed by atoms with E-state index in [0.29, 0.717) is 86.1 Å². The largest absolute Gasteiger partial charge is 0.481 e.